The first-order valence-corrected chi connectivity index (χ1v) is 5.10. The molecule has 0 bridgehead atoms. The quantitative estimate of drug-likeness (QED) is 0.237. The second-order valence-electron chi connectivity index (χ2n) is 2.12. The Morgan fingerprint density at radius 2 is 2.15 bits per heavy atom. The normalized spacial score (nSPS) is 11.1. The minimum absolute atomic E-state index is 0.158. The van der Waals surface area contributed by atoms with Crippen LogP contribution in [-0.4, -0.2) is 35.5 Å². The maximum absolute atomic E-state index is 11.1. The van der Waals surface area contributed by atoms with Gasteiger partial charge < -0.3 is 9.84 Å². The van der Waals surface area contributed by atoms with Gasteiger partial charge in [0, 0.05) is 0 Å². The Morgan fingerprint density at radius 3 is 2.54 bits per heavy atom. The zero-order chi connectivity index (χ0) is 10.3. The van der Waals surface area contributed by atoms with E-state index in [1.807, 2.05) is 0 Å². The van der Waals surface area contributed by atoms with Crippen LogP contribution in [-0.2, 0) is 14.3 Å². The molecule has 0 saturated carbocycles. The summed E-state index contributed by atoms with van der Waals surface area (Å²) in [5, 5.41) is 8.63. The van der Waals surface area contributed by atoms with Crippen LogP contribution in [0.2, 0.25) is 0 Å². The van der Waals surface area contributed by atoms with Gasteiger partial charge in [0.1, 0.15) is 5.57 Å². The number of Topliss-reactive ketones (excluding diaryl/α,β-unsaturated/α-hetero) is 1. The van der Waals surface area contributed by atoms with Gasteiger partial charge >= 0.3 is 5.97 Å². The summed E-state index contributed by atoms with van der Waals surface area (Å²) in [7, 11) is 0. The summed E-state index contributed by atoms with van der Waals surface area (Å²) in [6.45, 7) is 1.81. The predicted octanol–water partition coefficient (Wildman–Crippen LogP) is 0.923. The summed E-state index contributed by atoms with van der Waals surface area (Å²) in [5.74, 6) is -1.04. The first-order valence-electron chi connectivity index (χ1n) is 3.71. The summed E-state index contributed by atoms with van der Waals surface area (Å²) in [4.78, 5) is 22.2. The smallest absolute Gasteiger partial charge is 0.344 e. The van der Waals surface area contributed by atoms with Crippen molar-refractivity contribution in [2.75, 3.05) is 18.6 Å². The molecule has 0 radical (unpaired) electrons. The minimum Gasteiger partial charge on any atom is -0.515 e. The van der Waals surface area contributed by atoms with Crippen molar-refractivity contribution in [2.24, 2.45) is 0 Å². The number of esters is 1. The third-order valence-corrected chi connectivity index (χ3v) is 1.75. The fourth-order valence-corrected chi connectivity index (χ4v) is 1.07. The number of ether oxygens (including phenoxy) is 1. The molecule has 0 fully saturated rings. The monoisotopic (exact) mass is 204 g/mol. The van der Waals surface area contributed by atoms with E-state index in [2.05, 4.69) is 4.74 Å². The number of hydrogen-bond acceptors (Lipinski definition) is 5. The van der Waals surface area contributed by atoms with Crippen molar-refractivity contribution in [1.82, 2.24) is 0 Å². The molecule has 0 heterocycles. The Hall–Kier alpha value is -0.970. The van der Waals surface area contributed by atoms with E-state index in [1.54, 1.807) is 13.2 Å². The zero-order valence-electron chi connectivity index (χ0n) is 7.57. The van der Waals surface area contributed by atoms with Crippen LogP contribution in [0.3, 0.4) is 0 Å². The molecule has 1 N–H and O–H groups in total. The molecule has 74 valence electrons. The van der Waals surface area contributed by atoms with Crippen LogP contribution >= 0.6 is 11.8 Å². The molecular formula is C8H12O4S. The van der Waals surface area contributed by atoms with Gasteiger partial charge in [-0.25, -0.2) is 4.79 Å². The second kappa shape index (κ2) is 6.54. The van der Waals surface area contributed by atoms with Gasteiger partial charge in [-0.3, -0.25) is 4.79 Å². The first kappa shape index (κ1) is 12.0. The van der Waals surface area contributed by atoms with Crippen LogP contribution in [0, 0.1) is 0 Å². The second-order valence-corrected chi connectivity index (χ2v) is 2.99. The molecule has 0 amide bonds. The Bertz CT molecular complexity index is 202. The highest BCUT2D eigenvalue weighted by Gasteiger charge is 2.18. The van der Waals surface area contributed by atoms with Crippen LogP contribution in [0.15, 0.2) is 11.8 Å². The number of ketones is 1. The minimum atomic E-state index is -0.774. The van der Waals surface area contributed by atoms with Crippen molar-refractivity contribution in [3.05, 3.63) is 11.8 Å². The Morgan fingerprint density at radius 1 is 1.54 bits per heavy atom. The largest absolute Gasteiger partial charge is 0.515 e. The van der Waals surface area contributed by atoms with Crippen molar-refractivity contribution < 1.29 is 19.4 Å². The molecule has 0 saturated heterocycles. The number of aliphatic hydroxyl groups excluding tert-OH is 1. The fraction of sp³-hybridized carbons (Fsp3) is 0.500. The van der Waals surface area contributed by atoms with E-state index in [0.717, 1.165) is 0 Å². The van der Waals surface area contributed by atoms with Crippen LogP contribution in [0.1, 0.15) is 6.92 Å². The zero-order valence-corrected chi connectivity index (χ0v) is 8.39. The molecule has 4 nitrogen and oxygen atoms in total. The first-order chi connectivity index (χ1) is 6.17. The van der Waals surface area contributed by atoms with E-state index in [0.29, 0.717) is 6.26 Å². The molecule has 0 aliphatic heterocycles. The lowest BCUT2D eigenvalue weighted by Crippen LogP contribution is -2.17. The Balaban J connectivity index is 4.35. The highest BCUT2D eigenvalue weighted by molar-refractivity contribution is 7.99. The standard InChI is InChI=1S/C8H12O4S/c1-3-12-8(11)6(4-9)7(10)5-13-2/h4,9H,3,5H2,1-2H3/b6-4+. The maximum atomic E-state index is 11.1. The average Bonchev–Trinajstić information content (AvgIpc) is 2.06. The molecular weight excluding hydrogens is 192 g/mol. The molecule has 0 rings (SSSR count). The molecule has 0 aliphatic rings. The van der Waals surface area contributed by atoms with E-state index in [4.69, 9.17) is 5.11 Å². The fourth-order valence-electron chi connectivity index (χ4n) is 0.656. The van der Waals surface area contributed by atoms with E-state index < -0.39 is 11.8 Å². The lowest BCUT2D eigenvalue weighted by molar-refractivity contribution is -0.139. The van der Waals surface area contributed by atoms with Crippen molar-refractivity contribution in [2.45, 2.75) is 6.92 Å². The van der Waals surface area contributed by atoms with Crippen molar-refractivity contribution in [3.63, 3.8) is 0 Å². The molecule has 13 heavy (non-hydrogen) atoms. The summed E-state index contributed by atoms with van der Waals surface area (Å²) in [6.07, 6.45) is 2.23. The summed E-state index contributed by atoms with van der Waals surface area (Å²) >= 11 is 1.28. The lowest BCUT2D eigenvalue weighted by Gasteiger charge is -2.02. The number of carbonyl (C=O) groups is 2. The predicted molar refractivity (Wildman–Crippen MR) is 50.7 cm³/mol. The summed E-state index contributed by atoms with van der Waals surface area (Å²) < 4.78 is 4.57. The third kappa shape index (κ3) is 3.98. The number of aliphatic hydroxyl groups is 1. The summed E-state index contributed by atoms with van der Waals surface area (Å²) in [6, 6.07) is 0. The number of thioether (sulfide) groups is 1. The highest BCUT2D eigenvalue weighted by atomic mass is 32.2. The van der Waals surface area contributed by atoms with E-state index in [-0.39, 0.29) is 17.9 Å². The number of carbonyl (C=O) groups excluding carboxylic acids is 2. The van der Waals surface area contributed by atoms with Crippen LogP contribution in [0.5, 0.6) is 0 Å². The molecule has 0 atom stereocenters. The highest BCUT2D eigenvalue weighted by Crippen LogP contribution is 2.04. The molecule has 5 heteroatoms. The van der Waals surface area contributed by atoms with Gasteiger partial charge in [-0.1, -0.05) is 0 Å². The SMILES string of the molecule is CCOC(=O)/C(=C/O)C(=O)CSC. The van der Waals surface area contributed by atoms with Gasteiger partial charge in [0.05, 0.1) is 18.6 Å². The van der Waals surface area contributed by atoms with Crippen molar-refractivity contribution in [3.8, 4) is 0 Å². The molecule has 0 aromatic carbocycles. The molecule has 0 unspecified atom stereocenters. The Labute approximate surface area is 81.0 Å². The van der Waals surface area contributed by atoms with Crippen molar-refractivity contribution >= 4 is 23.5 Å². The Kier molecular flexibility index (Phi) is 6.05. The van der Waals surface area contributed by atoms with Crippen LogP contribution < -0.4 is 0 Å². The van der Waals surface area contributed by atoms with Gasteiger partial charge in [0.15, 0.2) is 5.78 Å². The average molecular weight is 204 g/mol. The topological polar surface area (TPSA) is 63.6 Å². The summed E-state index contributed by atoms with van der Waals surface area (Å²) in [5.41, 5.74) is -0.295. The van der Waals surface area contributed by atoms with Crippen LogP contribution in [0.4, 0.5) is 0 Å². The lowest BCUT2D eigenvalue weighted by atomic mass is 10.2. The van der Waals surface area contributed by atoms with E-state index >= 15 is 0 Å². The number of rotatable bonds is 5. The third-order valence-electron chi connectivity index (χ3n) is 1.20. The van der Waals surface area contributed by atoms with Gasteiger partial charge in [-0.05, 0) is 13.2 Å². The van der Waals surface area contributed by atoms with Gasteiger partial charge in [0.25, 0.3) is 0 Å². The number of hydrogen-bond donors (Lipinski definition) is 1. The van der Waals surface area contributed by atoms with Gasteiger partial charge in [0.2, 0.25) is 0 Å². The molecule has 0 aliphatic carbocycles. The van der Waals surface area contributed by atoms with E-state index in [9.17, 15) is 9.59 Å². The molecule has 0 aromatic rings. The maximum Gasteiger partial charge on any atom is 0.344 e. The van der Waals surface area contributed by atoms with Gasteiger partial charge in [-0.2, -0.15) is 11.8 Å². The molecule has 0 aromatic heterocycles. The van der Waals surface area contributed by atoms with E-state index in [1.165, 1.54) is 11.8 Å². The van der Waals surface area contributed by atoms with Gasteiger partial charge in [-0.15, -0.1) is 0 Å². The molecule has 0 spiro atoms. The van der Waals surface area contributed by atoms with Crippen molar-refractivity contribution in [1.29, 1.82) is 0 Å². The van der Waals surface area contributed by atoms with Crippen LogP contribution in [0.25, 0.3) is 0 Å².